The molecule has 0 aliphatic rings. The van der Waals surface area contributed by atoms with Gasteiger partial charge in [0.2, 0.25) is 0 Å². The van der Waals surface area contributed by atoms with Crippen LogP contribution in [0, 0.1) is 6.92 Å². The average molecular weight is 400 g/mol. The molecule has 6 heteroatoms. The van der Waals surface area contributed by atoms with Gasteiger partial charge in [-0.3, -0.25) is 0 Å². The Labute approximate surface area is 167 Å². The van der Waals surface area contributed by atoms with Crippen molar-refractivity contribution in [3.05, 3.63) is 84.2 Å². The highest BCUT2D eigenvalue weighted by Crippen LogP contribution is 2.33. The van der Waals surface area contributed by atoms with Crippen LogP contribution in [-0.4, -0.2) is 9.97 Å². The summed E-state index contributed by atoms with van der Waals surface area (Å²) in [4.78, 5) is 9.39. The summed E-state index contributed by atoms with van der Waals surface area (Å²) in [6, 6.07) is 23.0. The number of benzene rings is 2. The van der Waals surface area contributed by atoms with E-state index in [-0.39, 0.29) is 12.4 Å². The van der Waals surface area contributed by atoms with E-state index >= 15 is 0 Å². The van der Waals surface area contributed by atoms with Crippen molar-refractivity contribution in [1.82, 2.24) is 9.97 Å². The van der Waals surface area contributed by atoms with Crippen molar-refractivity contribution >= 4 is 32.6 Å². The molecule has 0 saturated heterocycles. The molecule has 0 fully saturated rings. The highest BCUT2D eigenvalue weighted by molar-refractivity contribution is 8.76. The topological polar surface area (TPSA) is 32.6 Å². The van der Waals surface area contributed by atoms with Crippen LogP contribution in [0.3, 0.4) is 0 Å². The summed E-state index contributed by atoms with van der Waals surface area (Å²) >= 11 is 0. The van der Waals surface area contributed by atoms with Gasteiger partial charge in [-0.2, -0.15) is 0 Å². The van der Waals surface area contributed by atoms with Gasteiger partial charge >= 0.3 is 5.95 Å². The minimum absolute atomic E-state index is 0. The zero-order valence-electron chi connectivity index (χ0n) is 14.2. The SMILES string of the molecule is Cc1ccc(SSCc2cccc[n+]2-c2nc3ccccc3[nH]2)cc1.[Cl-]. The number of nitrogens with one attached hydrogen (secondary N) is 1. The lowest BCUT2D eigenvalue weighted by molar-refractivity contribution is -0.610. The molecule has 0 amide bonds. The van der Waals surface area contributed by atoms with Gasteiger partial charge in [-0.1, -0.05) is 62.5 Å². The Bertz CT molecular complexity index is 966. The van der Waals surface area contributed by atoms with Crippen LogP contribution in [0.25, 0.3) is 17.0 Å². The molecule has 26 heavy (non-hydrogen) atoms. The maximum Gasteiger partial charge on any atom is 0.402 e. The summed E-state index contributed by atoms with van der Waals surface area (Å²) in [5.74, 6) is 1.76. The number of fused-ring (bicyclic) bond motifs is 1. The van der Waals surface area contributed by atoms with Crippen molar-refractivity contribution in [1.29, 1.82) is 0 Å². The van der Waals surface area contributed by atoms with Crippen molar-refractivity contribution in [2.24, 2.45) is 0 Å². The molecular weight excluding hydrogens is 382 g/mol. The van der Waals surface area contributed by atoms with E-state index in [1.165, 1.54) is 16.2 Å². The fraction of sp³-hybridized carbons (Fsp3) is 0.100. The molecule has 0 radical (unpaired) electrons. The molecule has 0 unspecified atom stereocenters. The number of hydrogen-bond acceptors (Lipinski definition) is 3. The molecule has 0 aliphatic carbocycles. The van der Waals surface area contributed by atoms with Gasteiger partial charge in [0.25, 0.3) is 0 Å². The number of H-pyrrole nitrogens is 1. The summed E-state index contributed by atoms with van der Waals surface area (Å²) in [6.07, 6.45) is 2.06. The second-order valence-corrected chi connectivity index (χ2v) is 8.17. The van der Waals surface area contributed by atoms with Crippen LogP contribution in [0.1, 0.15) is 11.3 Å². The van der Waals surface area contributed by atoms with Crippen LogP contribution in [0.15, 0.2) is 77.8 Å². The quantitative estimate of drug-likeness (QED) is 0.412. The number of nitrogens with zero attached hydrogens (tertiary/aromatic N) is 2. The number of halogens is 1. The lowest BCUT2D eigenvalue weighted by atomic mass is 10.2. The zero-order valence-corrected chi connectivity index (χ0v) is 16.6. The van der Waals surface area contributed by atoms with Crippen LogP contribution >= 0.6 is 21.6 Å². The van der Waals surface area contributed by atoms with Gasteiger partial charge in [-0.05, 0) is 43.3 Å². The number of aromatic amines is 1. The van der Waals surface area contributed by atoms with E-state index < -0.39 is 0 Å². The first kappa shape index (κ1) is 18.8. The summed E-state index contributed by atoms with van der Waals surface area (Å²) in [5, 5.41) is 0. The molecule has 4 rings (SSSR count). The van der Waals surface area contributed by atoms with Crippen LogP contribution in [0.5, 0.6) is 0 Å². The maximum atomic E-state index is 4.71. The third-order valence-corrected chi connectivity index (χ3v) is 6.21. The minimum Gasteiger partial charge on any atom is -1.00 e. The van der Waals surface area contributed by atoms with Gasteiger partial charge in [0.05, 0.1) is 17.6 Å². The van der Waals surface area contributed by atoms with Crippen LogP contribution in [-0.2, 0) is 5.75 Å². The molecule has 0 spiro atoms. The Balaban J connectivity index is 0.00000196. The molecule has 0 aliphatic heterocycles. The fourth-order valence-electron chi connectivity index (χ4n) is 2.61. The number of aromatic nitrogens is 3. The third-order valence-electron chi connectivity index (χ3n) is 3.93. The Hall–Kier alpha value is -1.95. The molecule has 0 saturated carbocycles. The Morgan fingerprint density at radius 1 is 0.962 bits per heavy atom. The molecule has 2 aromatic heterocycles. The number of para-hydroxylation sites is 2. The highest BCUT2D eigenvalue weighted by Gasteiger charge is 2.16. The van der Waals surface area contributed by atoms with Gasteiger partial charge in [0.1, 0.15) is 5.52 Å². The molecule has 0 atom stereocenters. The normalized spacial score (nSPS) is 10.7. The summed E-state index contributed by atoms with van der Waals surface area (Å²) in [5.41, 5.74) is 4.55. The van der Waals surface area contributed by atoms with E-state index in [1.54, 1.807) is 10.8 Å². The lowest BCUT2D eigenvalue weighted by Crippen LogP contribution is -3.00. The first-order chi connectivity index (χ1) is 12.3. The molecule has 2 heterocycles. The summed E-state index contributed by atoms with van der Waals surface area (Å²) < 4.78 is 2.13. The molecule has 3 nitrogen and oxygen atoms in total. The van der Waals surface area contributed by atoms with Crippen LogP contribution < -0.4 is 17.0 Å². The van der Waals surface area contributed by atoms with Gasteiger partial charge in [-0.15, -0.1) is 0 Å². The predicted octanol–water partition coefficient (Wildman–Crippen LogP) is 2.09. The Kier molecular flexibility index (Phi) is 6.25. The van der Waals surface area contributed by atoms with Crippen LogP contribution in [0.2, 0.25) is 0 Å². The van der Waals surface area contributed by atoms with E-state index in [4.69, 9.17) is 4.98 Å². The predicted molar refractivity (Wildman–Crippen MR) is 106 cm³/mol. The number of imidazole rings is 1. The molecule has 132 valence electrons. The summed E-state index contributed by atoms with van der Waals surface area (Å²) in [6.45, 7) is 2.11. The van der Waals surface area contributed by atoms with Gasteiger partial charge in [-0.25, -0.2) is 9.55 Å². The molecule has 2 aromatic carbocycles. The monoisotopic (exact) mass is 399 g/mol. The average Bonchev–Trinajstić information content (AvgIpc) is 3.08. The zero-order chi connectivity index (χ0) is 17.1. The highest BCUT2D eigenvalue weighted by atomic mass is 35.5. The Morgan fingerprint density at radius 2 is 1.73 bits per heavy atom. The number of rotatable bonds is 5. The minimum atomic E-state index is 0. The van der Waals surface area contributed by atoms with E-state index in [2.05, 4.69) is 65.1 Å². The van der Waals surface area contributed by atoms with Gasteiger partial charge < -0.3 is 12.4 Å². The second kappa shape index (κ2) is 8.62. The second-order valence-electron chi connectivity index (χ2n) is 5.80. The fourth-order valence-corrected chi connectivity index (χ4v) is 4.69. The molecule has 1 N–H and O–H groups in total. The third kappa shape index (κ3) is 4.23. The van der Waals surface area contributed by atoms with Crippen molar-refractivity contribution in [2.75, 3.05) is 0 Å². The van der Waals surface area contributed by atoms with E-state index in [0.717, 1.165) is 22.7 Å². The first-order valence-electron chi connectivity index (χ1n) is 8.10. The van der Waals surface area contributed by atoms with Gasteiger partial charge in [0, 0.05) is 4.90 Å². The lowest BCUT2D eigenvalue weighted by Gasteiger charge is -2.05. The van der Waals surface area contributed by atoms with Crippen molar-refractivity contribution < 1.29 is 17.0 Å². The molecule has 0 bridgehead atoms. The summed E-state index contributed by atoms with van der Waals surface area (Å²) in [7, 11) is 3.64. The van der Waals surface area contributed by atoms with Crippen molar-refractivity contribution in [3.8, 4) is 5.95 Å². The van der Waals surface area contributed by atoms with E-state index in [1.807, 2.05) is 35.1 Å². The Morgan fingerprint density at radius 3 is 2.54 bits per heavy atom. The number of aryl methyl sites for hydroxylation is 1. The number of pyridine rings is 1. The van der Waals surface area contributed by atoms with Crippen molar-refractivity contribution in [2.45, 2.75) is 17.6 Å². The standard InChI is InChI=1S/C20H18N3S2.ClH/c1-15-9-11-17(12-10-15)25-24-14-16-6-4-5-13-23(16)20-21-18-7-2-3-8-19(18)22-20;/h2-13H,14H2,1H3,(H,21,22);1H/q+1;/p-1. The van der Waals surface area contributed by atoms with Crippen LogP contribution in [0.4, 0.5) is 0 Å². The van der Waals surface area contributed by atoms with Crippen molar-refractivity contribution in [3.63, 3.8) is 0 Å². The maximum absolute atomic E-state index is 4.71. The molecular formula is C20H18ClN3S2. The smallest absolute Gasteiger partial charge is 0.402 e. The van der Waals surface area contributed by atoms with Gasteiger partial charge in [0.15, 0.2) is 5.52 Å². The van der Waals surface area contributed by atoms with E-state index in [9.17, 15) is 0 Å². The first-order valence-corrected chi connectivity index (χ1v) is 10.4. The van der Waals surface area contributed by atoms with E-state index in [0.29, 0.717) is 0 Å². The number of hydrogen-bond donors (Lipinski definition) is 1. The largest absolute Gasteiger partial charge is 1.00 e. The molecule has 4 aromatic rings.